The molecule has 102 valence electrons. The smallest absolute Gasteiger partial charge is 0.148 e. The van der Waals surface area contributed by atoms with Gasteiger partial charge < -0.3 is 10.1 Å². The van der Waals surface area contributed by atoms with E-state index in [9.17, 15) is 0 Å². The molecule has 0 aliphatic heterocycles. The summed E-state index contributed by atoms with van der Waals surface area (Å²) in [6.07, 6.45) is 5.23. The lowest BCUT2D eigenvalue weighted by molar-refractivity contribution is 0.366. The summed E-state index contributed by atoms with van der Waals surface area (Å²) in [6.45, 7) is 0.928. The fourth-order valence-corrected chi connectivity index (χ4v) is 3.04. The van der Waals surface area contributed by atoms with Crippen LogP contribution in [-0.4, -0.2) is 6.61 Å². The molecule has 0 bridgehead atoms. The number of hydrogen-bond acceptors (Lipinski definition) is 2. The first-order chi connectivity index (χ1) is 9.72. The molecule has 4 heteroatoms. The molecular weight excluding hydrogens is 382 g/mol. The number of benzene rings is 2. The summed E-state index contributed by atoms with van der Waals surface area (Å²) in [5.41, 5.74) is 2.07. The average Bonchev–Trinajstić information content (AvgIpc) is 2.45. The van der Waals surface area contributed by atoms with E-state index in [1.807, 2.05) is 42.5 Å². The Labute approximate surface area is 135 Å². The zero-order valence-corrected chi connectivity index (χ0v) is 13.9. The van der Waals surface area contributed by atoms with Gasteiger partial charge in [0, 0.05) is 21.1 Å². The molecule has 0 aromatic heterocycles. The number of halogens is 2. The van der Waals surface area contributed by atoms with Crippen LogP contribution in [0.3, 0.4) is 0 Å². The Kier molecular flexibility index (Phi) is 5.51. The van der Waals surface area contributed by atoms with Crippen molar-refractivity contribution in [2.45, 2.75) is 6.54 Å². The van der Waals surface area contributed by atoms with Gasteiger partial charge in [0.1, 0.15) is 12.4 Å². The Morgan fingerprint density at radius 1 is 1.05 bits per heavy atom. The zero-order chi connectivity index (χ0) is 14.4. The van der Waals surface area contributed by atoms with E-state index < -0.39 is 0 Å². The Bertz CT molecular complexity index is 614. The van der Waals surface area contributed by atoms with E-state index >= 15 is 0 Å². The summed E-state index contributed by atoms with van der Waals surface area (Å²) in [6, 6.07) is 13.8. The Hall–Kier alpha value is -1.44. The second-order valence-electron chi connectivity index (χ2n) is 4.05. The lowest BCUT2D eigenvalue weighted by Crippen LogP contribution is -2.04. The number of ether oxygens (including phenoxy) is 1. The summed E-state index contributed by atoms with van der Waals surface area (Å²) in [5.74, 6) is 3.28. The van der Waals surface area contributed by atoms with Crippen molar-refractivity contribution in [1.29, 1.82) is 0 Å². The predicted octanol–water partition coefficient (Wildman–Crippen LogP) is 4.84. The molecule has 20 heavy (non-hydrogen) atoms. The van der Waals surface area contributed by atoms with Crippen molar-refractivity contribution in [2.75, 3.05) is 11.9 Å². The van der Waals surface area contributed by atoms with Gasteiger partial charge in [-0.05, 0) is 50.1 Å². The number of anilines is 1. The minimum atomic E-state index is 0.274. The molecule has 0 saturated carbocycles. The molecule has 0 atom stereocenters. The van der Waals surface area contributed by atoms with Crippen molar-refractivity contribution < 1.29 is 4.74 Å². The minimum Gasteiger partial charge on any atom is -0.481 e. The van der Waals surface area contributed by atoms with Crippen LogP contribution in [-0.2, 0) is 6.54 Å². The Morgan fingerprint density at radius 2 is 1.75 bits per heavy atom. The van der Waals surface area contributed by atoms with Crippen molar-refractivity contribution in [3.63, 3.8) is 0 Å². The second-order valence-corrected chi connectivity index (χ2v) is 5.76. The van der Waals surface area contributed by atoms with Gasteiger partial charge in [-0.2, -0.15) is 0 Å². The molecule has 0 radical (unpaired) electrons. The van der Waals surface area contributed by atoms with Crippen LogP contribution in [0.4, 0.5) is 5.69 Å². The maximum atomic E-state index is 5.54. The van der Waals surface area contributed by atoms with Crippen LogP contribution in [0.2, 0.25) is 0 Å². The van der Waals surface area contributed by atoms with Gasteiger partial charge in [0.15, 0.2) is 0 Å². The van der Waals surface area contributed by atoms with Crippen LogP contribution < -0.4 is 10.1 Å². The van der Waals surface area contributed by atoms with Crippen LogP contribution in [0.25, 0.3) is 0 Å². The molecule has 0 unspecified atom stereocenters. The molecule has 2 aromatic rings. The van der Waals surface area contributed by atoms with E-state index in [1.165, 1.54) is 0 Å². The molecule has 0 spiro atoms. The lowest BCUT2D eigenvalue weighted by Gasteiger charge is -2.13. The van der Waals surface area contributed by atoms with Gasteiger partial charge >= 0.3 is 0 Å². The molecule has 1 N–H and O–H groups in total. The van der Waals surface area contributed by atoms with Gasteiger partial charge in [0.05, 0.1) is 5.69 Å². The van der Waals surface area contributed by atoms with Gasteiger partial charge in [-0.15, -0.1) is 6.42 Å². The summed E-state index contributed by atoms with van der Waals surface area (Å²) in [7, 11) is 0. The molecule has 0 aliphatic carbocycles. The van der Waals surface area contributed by atoms with Crippen molar-refractivity contribution in [3.8, 4) is 18.1 Å². The first-order valence-electron chi connectivity index (χ1n) is 6.04. The van der Waals surface area contributed by atoms with E-state index in [0.29, 0.717) is 6.54 Å². The molecule has 0 heterocycles. The van der Waals surface area contributed by atoms with Crippen LogP contribution in [0, 0.1) is 12.3 Å². The number of hydrogen-bond donors (Lipinski definition) is 1. The summed E-state index contributed by atoms with van der Waals surface area (Å²) in [5, 5.41) is 3.39. The zero-order valence-electron chi connectivity index (χ0n) is 10.7. The second kappa shape index (κ2) is 7.37. The number of rotatable bonds is 5. The third-order valence-corrected chi connectivity index (χ3v) is 4.02. The summed E-state index contributed by atoms with van der Waals surface area (Å²) >= 11 is 7.06. The third kappa shape index (κ3) is 3.78. The van der Waals surface area contributed by atoms with Gasteiger partial charge in [-0.1, -0.05) is 30.2 Å². The molecule has 0 aliphatic rings. The molecule has 2 nitrogen and oxygen atoms in total. The van der Waals surface area contributed by atoms with Gasteiger partial charge in [-0.25, -0.2) is 0 Å². The topological polar surface area (TPSA) is 21.3 Å². The maximum absolute atomic E-state index is 5.54. The number of terminal acetylenes is 1. The van der Waals surface area contributed by atoms with E-state index in [1.54, 1.807) is 0 Å². The first kappa shape index (κ1) is 15.0. The third-order valence-electron chi connectivity index (χ3n) is 2.70. The lowest BCUT2D eigenvalue weighted by atomic mass is 10.2. The van der Waals surface area contributed by atoms with Crippen LogP contribution in [0.15, 0.2) is 51.4 Å². The van der Waals surface area contributed by atoms with Crippen molar-refractivity contribution in [2.24, 2.45) is 0 Å². The summed E-state index contributed by atoms with van der Waals surface area (Å²) < 4.78 is 7.55. The Morgan fingerprint density at radius 3 is 2.45 bits per heavy atom. The summed E-state index contributed by atoms with van der Waals surface area (Å²) in [4.78, 5) is 0. The van der Waals surface area contributed by atoms with Crippen molar-refractivity contribution >= 4 is 37.5 Å². The van der Waals surface area contributed by atoms with E-state index in [0.717, 1.165) is 25.9 Å². The molecule has 0 amide bonds. The highest BCUT2D eigenvalue weighted by Gasteiger charge is 2.06. The van der Waals surface area contributed by atoms with Gasteiger partial charge in [0.2, 0.25) is 0 Å². The van der Waals surface area contributed by atoms with Crippen LogP contribution in [0.1, 0.15) is 5.56 Å². The Balaban J connectivity index is 2.13. The van der Waals surface area contributed by atoms with Crippen molar-refractivity contribution in [3.05, 3.63) is 57.0 Å². The monoisotopic (exact) mass is 393 g/mol. The highest BCUT2D eigenvalue weighted by Crippen LogP contribution is 2.31. The molecule has 2 aromatic carbocycles. The van der Waals surface area contributed by atoms with Gasteiger partial charge in [0.25, 0.3) is 0 Å². The van der Waals surface area contributed by atoms with E-state index in [4.69, 9.17) is 11.2 Å². The first-order valence-corrected chi connectivity index (χ1v) is 7.63. The van der Waals surface area contributed by atoms with Crippen LogP contribution >= 0.6 is 31.9 Å². The largest absolute Gasteiger partial charge is 0.481 e. The van der Waals surface area contributed by atoms with E-state index in [-0.39, 0.29) is 6.61 Å². The van der Waals surface area contributed by atoms with Crippen LogP contribution in [0.5, 0.6) is 5.75 Å². The number of para-hydroxylation sites is 2. The highest BCUT2D eigenvalue weighted by atomic mass is 79.9. The number of nitrogens with one attached hydrogen (secondary N) is 1. The van der Waals surface area contributed by atoms with Gasteiger partial charge in [-0.3, -0.25) is 0 Å². The fourth-order valence-electron chi connectivity index (χ4n) is 1.76. The normalized spacial score (nSPS) is 9.85. The molecular formula is C16H13Br2NO. The molecule has 0 fully saturated rings. The highest BCUT2D eigenvalue weighted by molar-refractivity contribution is 9.11. The average molecular weight is 395 g/mol. The maximum Gasteiger partial charge on any atom is 0.148 e. The molecule has 0 saturated heterocycles. The quantitative estimate of drug-likeness (QED) is 0.733. The van der Waals surface area contributed by atoms with Crippen molar-refractivity contribution in [1.82, 2.24) is 0 Å². The minimum absolute atomic E-state index is 0.274. The predicted molar refractivity (Wildman–Crippen MR) is 89.9 cm³/mol. The van der Waals surface area contributed by atoms with E-state index in [2.05, 4.69) is 43.1 Å². The molecule has 2 rings (SSSR count). The fraction of sp³-hybridized carbons (Fsp3) is 0.125. The standard InChI is InChI=1S/C16H13Br2NO/c1-2-10-20-15-9-4-3-6-12(15)11-19-16-13(17)7-5-8-14(16)18/h1,3-9,19H,10-11H2. The SMILES string of the molecule is C#CCOc1ccccc1CNc1c(Br)cccc1Br.